The average molecular weight is 417 g/mol. The summed E-state index contributed by atoms with van der Waals surface area (Å²) in [6, 6.07) is 5.44. The number of fused-ring (bicyclic) bond motifs is 1. The number of aromatic nitrogens is 2. The fraction of sp³-hybridized carbons (Fsp3) is 0.222. The summed E-state index contributed by atoms with van der Waals surface area (Å²) in [5.74, 6) is -1.19. The molecule has 4 nitrogen and oxygen atoms in total. The van der Waals surface area contributed by atoms with Gasteiger partial charge >= 0.3 is 12.1 Å². The van der Waals surface area contributed by atoms with Crippen molar-refractivity contribution in [3.63, 3.8) is 0 Å². The van der Waals surface area contributed by atoms with Crippen molar-refractivity contribution < 1.29 is 23.1 Å². The molecule has 0 unspecified atom stereocenters. The molecular formula is C18H13Cl2F3N2O2. The SMILES string of the molecule is Cc1nc(C(F)(F)F)cc2c1cc(Cc1c(Cl)ccc(C(=O)O)c1Cl)n2C. The van der Waals surface area contributed by atoms with Gasteiger partial charge in [0.2, 0.25) is 0 Å². The number of nitrogens with zero attached hydrogens (tertiary/aromatic N) is 2. The number of aryl methyl sites for hydroxylation is 2. The average Bonchev–Trinajstić information content (AvgIpc) is 2.87. The van der Waals surface area contributed by atoms with Gasteiger partial charge in [-0.1, -0.05) is 23.2 Å². The molecule has 3 rings (SSSR count). The molecule has 0 saturated carbocycles. The number of carbonyl (C=O) groups is 1. The molecule has 0 aliphatic carbocycles. The molecule has 3 aromatic rings. The Labute approximate surface area is 162 Å². The Hall–Kier alpha value is -2.25. The normalized spacial score (nSPS) is 12.0. The van der Waals surface area contributed by atoms with Crippen LogP contribution in [0.3, 0.4) is 0 Å². The van der Waals surface area contributed by atoms with E-state index in [4.69, 9.17) is 23.2 Å². The number of hydrogen-bond donors (Lipinski definition) is 1. The zero-order valence-electron chi connectivity index (χ0n) is 14.2. The van der Waals surface area contributed by atoms with Crippen LogP contribution in [0.1, 0.15) is 33.0 Å². The van der Waals surface area contributed by atoms with E-state index in [0.29, 0.717) is 22.2 Å². The Kier molecular flexibility index (Phi) is 4.86. The lowest BCUT2D eigenvalue weighted by Crippen LogP contribution is -2.09. The molecule has 0 fully saturated rings. The van der Waals surface area contributed by atoms with Crippen LogP contribution in [-0.2, 0) is 19.6 Å². The van der Waals surface area contributed by atoms with Crippen molar-refractivity contribution in [2.24, 2.45) is 7.05 Å². The van der Waals surface area contributed by atoms with Gasteiger partial charge in [-0.3, -0.25) is 0 Å². The summed E-state index contributed by atoms with van der Waals surface area (Å²) < 4.78 is 40.7. The second kappa shape index (κ2) is 6.73. The third kappa shape index (κ3) is 3.49. The number of pyridine rings is 1. The van der Waals surface area contributed by atoms with E-state index >= 15 is 0 Å². The molecule has 0 bridgehead atoms. The predicted octanol–water partition coefficient (Wildman–Crippen LogP) is 5.50. The van der Waals surface area contributed by atoms with Crippen LogP contribution >= 0.6 is 23.2 Å². The van der Waals surface area contributed by atoms with Gasteiger partial charge in [-0.25, -0.2) is 9.78 Å². The Morgan fingerprint density at radius 2 is 1.93 bits per heavy atom. The van der Waals surface area contributed by atoms with E-state index in [0.717, 1.165) is 6.07 Å². The Bertz CT molecular complexity index is 1070. The lowest BCUT2D eigenvalue weighted by molar-refractivity contribution is -0.141. The zero-order chi connectivity index (χ0) is 20.1. The zero-order valence-corrected chi connectivity index (χ0v) is 15.7. The second-order valence-electron chi connectivity index (χ2n) is 6.09. The number of carboxylic acids is 1. The summed E-state index contributed by atoms with van der Waals surface area (Å²) in [5, 5.41) is 10.1. The number of carboxylic acid groups (broad SMARTS) is 1. The van der Waals surface area contributed by atoms with E-state index < -0.39 is 17.8 Å². The van der Waals surface area contributed by atoms with Crippen LogP contribution in [0.15, 0.2) is 24.3 Å². The first kappa shape index (κ1) is 19.5. The monoisotopic (exact) mass is 416 g/mol. The number of halogens is 5. The summed E-state index contributed by atoms with van der Waals surface area (Å²) in [5.41, 5.74) is 0.576. The molecule has 1 N–H and O–H groups in total. The lowest BCUT2D eigenvalue weighted by Gasteiger charge is -2.11. The largest absolute Gasteiger partial charge is 0.478 e. The smallest absolute Gasteiger partial charge is 0.433 e. The van der Waals surface area contributed by atoms with Gasteiger partial charge in [0.15, 0.2) is 0 Å². The number of hydrogen-bond acceptors (Lipinski definition) is 2. The van der Waals surface area contributed by atoms with Crippen LogP contribution in [0, 0.1) is 6.92 Å². The molecule has 0 aliphatic rings. The molecule has 0 atom stereocenters. The van der Waals surface area contributed by atoms with E-state index in [-0.39, 0.29) is 27.7 Å². The standard InChI is InChI=1S/C18H13Cl2F3N2O2/c1-8-11-5-9(25(2)14(11)7-15(24-8)18(21,22)23)6-12-13(19)4-3-10(16(12)20)17(26)27/h3-5,7H,6H2,1-2H3,(H,26,27). The summed E-state index contributed by atoms with van der Waals surface area (Å²) in [4.78, 5) is 14.9. The van der Waals surface area contributed by atoms with E-state index in [1.54, 1.807) is 17.7 Å². The maximum atomic E-state index is 13.0. The van der Waals surface area contributed by atoms with E-state index in [1.165, 1.54) is 19.1 Å². The first-order valence-electron chi connectivity index (χ1n) is 7.74. The van der Waals surface area contributed by atoms with Crippen molar-refractivity contribution in [2.75, 3.05) is 0 Å². The number of benzene rings is 1. The van der Waals surface area contributed by atoms with Crippen molar-refractivity contribution in [1.29, 1.82) is 0 Å². The fourth-order valence-corrected chi connectivity index (χ4v) is 3.55. The number of aromatic carboxylic acids is 1. The predicted molar refractivity (Wildman–Crippen MR) is 96.7 cm³/mol. The van der Waals surface area contributed by atoms with Crippen LogP contribution in [0.5, 0.6) is 0 Å². The highest BCUT2D eigenvalue weighted by Crippen LogP contribution is 2.34. The molecule has 142 valence electrons. The minimum atomic E-state index is -4.55. The molecule has 0 radical (unpaired) electrons. The third-order valence-corrected chi connectivity index (χ3v) is 5.18. The molecule has 9 heteroatoms. The van der Waals surface area contributed by atoms with Crippen molar-refractivity contribution in [3.05, 3.63) is 62.5 Å². The van der Waals surface area contributed by atoms with Gasteiger partial charge in [0.1, 0.15) is 5.69 Å². The van der Waals surface area contributed by atoms with Gasteiger partial charge in [0.05, 0.1) is 16.1 Å². The minimum Gasteiger partial charge on any atom is -0.478 e. The maximum absolute atomic E-state index is 13.0. The highest BCUT2D eigenvalue weighted by Gasteiger charge is 2.33. The summed E-state index contributed by atoms with van der Waals surface area (Å²) >= 11 is 12.4. The minimum absolute atomic E-state index is 0.00563. The van der Waals surface area contributed by atoms with Crippen molar-refractivity contribution in [3.8, 4) is 0 Å². The van der Waals surface area contributed by atoms with Crippen LogP contribution in [0.2, 0.25) is 10.0 Å². The molecule has 2 heterocycles. The highest BCUT2D eigenvalue weighted by atomic mass is 35.5. The highest BCUT2D eigenvalue weighted by molar-refractivity contribution is 6.38. The van der Waals surface area contributed by atoms with Crippen molar-refractivity contribution in [2.45, 2.75) is 19.5 Å². The molecular weight excluding hydrogens is 404 g/mol. The molecule has 0 saturated heterocycles. The summed E-state index contributed by atoms with van der Waals surface area (Å²) in [7, 11) is 1.63. The first-order chi connectivity index (χ1) is 12.5. The number of alkyl halides is 3. The quantitative estimate of drug-likeness (QED) is 0.613. The van der Waals surface area contributed by atoms with Gasteiger partial charge < -0.3 is 9.67 Å². The summed E-state index contributed by atoms with van der Waals surface area (Å²) in [6.07, 6.45) is -4.39. The van der Waals surface area contributed by atoms with Crippen molar-refractivity contribution in [1.82, 2.24) is 9.55 Å². The maximum Gasteiger partial charge on any atom is 0.433 e. The topological polar surface area (TPSA) is 55.1 Å². The van der Waals surface area contributed by atoms with Crippen LogP contribution < -0.4 is 0 Å². The molecule has 1 aromatic carbocycles. The number of rotatable bonds is 3. The van der Waals surface area contributed by atoms with Gasteiger partial charge in [0, 0.05) is 35.3 Å². The molecule has 27 heavy (non-hydrogen) atoms. The third-order valence-electron chi connectivity index (χ3n) is 4.40. The lowest BCUT2D eigenvalue weighted by atomic mass is 10.1. The van der Waals surface area contributed by atoms with E-state index in [2.05, 4.69) is 4.98 Å². The Morgan fingerprint density at radius 3 is 2.52 bits per heavy atom. The first-order valence-corrected chi connectivity index (χ1v) is 8.49. The van der Waals surface area contributed by atoms with Crippen LogP contribution in [0.25, 0.3) is 10.9 Å². The second-order valence-corrected chi connectivity index (χ2v) is 6.87. The van der Waals surface area contributed by atoms with Gasteiger partial charge in [-0.05, 0) is 36.8 Å². The van der Waals surface area contributed by atoms with Gasteiger partial charge in [-0.15, -0.1) is 0 Å². The van der Waals surface area contributed by atoms with Gasteiger partial charge in [0.25, 0.3) is 0 Å². The van der Waals surface area contributed by atoms with Crippen LogP contribution in [-0.4, -0.2) is 20.6 Å². The van der Waals surface area contributed by atoms with Crippen molar-refractivity contribution >= 4 is 40.1 Å². The molecule has 0 spiro atoms. The molecule has 2 aromatic heterocycles. The van der Waals surface area contributed by atoms with E-state index in [1.807, 2.05) is 0 Å². The molecule has 0 aliphatic heterocycles. The Morgan fingerprint density at radius 1 is 1.26 bits per heavy atom. The van der Waals surface area contributed by atoms with E-state index in [9.17, 15) is 23.1 Å². The van der Waals surface area contributed by atoms with Crippen LogP contribution in [0.4, 0.5) is 13.2 Å². The molecule has 0 amide bonds. The van der Waals surface area contributed by atoms with Gasteiger partial charge in [-0.2, -0.15) is 13.2 Å². The summed E-state index contributed by atoms with van der Waals surface area (Å²) in [6.45, 7) is 1.51. The fourth-order valence-electron chi connectivity index (χ4n) is 2.96. The Balaban J connectivity index is 2.15.